The number of ether oxygens (including phenoxy) is 2. The molecule has 0 radical (unpaired) electrons. The van der Waals surface area contributed by atoms with Crippen molar-refractivity contribution in [2.75, 3.05) is 20.7 Å². The molecule has 1 saturated heterocycles. The van der Waals surface area contributed by atoms with Gasteiger partial charge in [0.05, 0.1) is 25.3 Å². The van der Waals surface area contributed by atoms with Crippen molar-refractivity contribution in [2.45, 2.75) is 18.4 Å². The largest absolute Gasteiger partial charge is 0.464 e. The van der Waals surface area contributed by atoms with Gasteiger partial charge >= 0.3 is 11.9 Å². The lowest BCUT2D eigenvalue weighted by atomic mass is 10.1. The van der Waals surface area contributed by atoms with Gasteiger partial charge in [0, 0.05) is 13.5 Å². The molecule has 0 bridgehead atoms. The van der Waals surface area contributed by atoms with Crippen molar-refractivity contribution < 1.29 is 27.8 Å². The molecule has 0 N–H and O–H groups in total. The van der Waals surface area contributed by atoms with Crippen LogP contribution in [-0.2, 0) is 11.8 Å². The Morgan fingerprint density at radius 1 is 1.17 bits per heavy atom. The average Bonchev–Trinajstić information content (AvgIpc) is 2.97. The van der Waals surface area contributed by atoms with Crippen LogP contribution in [0.3, 0.4) is 0 Å². The van der Waals surface area contributed by atoms with Crippen LogP contribution in [0.2, 0.25) is 0 Å². The molecular formula is C19H19F2N3O5. The quantitative estimate of drug-likeness (QED) is 0.714. The highest BCUT2D eigenvalue weighted by Crippen LogP contribution is 2.39. The zero-order chi connectivity index (χ0) is 21.3. The van der Waals surface area contributed by atoms with Crippen LogP contribution in [0.15, 0.2) is 35.1 Å². The number of carbonyl (C=O) groups excluding carboxylic acids is 2. The van der Waals surface area contributed by atoms with E-state index in [1.807, 2.05) is 0 Å². The lowest BCUT2D eigenvalue weighted by Gasteiger charge is -2.21. The first-order valence-electron chi connectivity index (χ1n) is 8.69. The topological polar surface area (TPSA) is 90.7 Å². The van der Waals surface area contributed by atoms with Gasteiger partial charge < -0.3 is 9.47 Å². The molecule has 0 aliphatic carbocycles. The van der Waals surface area contributed by atoms with Crippen LogP contribution in [0.4, 0.5) is 8.78 Å². The van der Waals surface area contributed by atoms with E-state index in [9.17, 15) is 23.2 Å². The third kappa shape index (κ3) is 4.02. The van der Waals surface area contributed by atoms with Gasteiger partial charge in [0.1, 0.15) is 5.82 Å². The Morgan fingerprint density at radius 2 is 1.83 bits per heavy atom. The number of methoxy groups -OCH3 is 1. The first kappa shape index (κ1) is 20.6. The highest BCUT2D eigenvalue weighted by Gasteiger charge is 2.46. The summed E-state index contributed by atoms with van der Waals surface area (Å²) in [5.41, 5.74) is -1.24. The highest BCUT2D eigenvalue weighted by atomic mass is 19.3. The van der Waals surface area contributed by atoms with Crippen LogP contribution in [0.1, 0.15) is 39.1 Å². The van der Waals surface area contributed by atoms with Gasteiger partial charge in [-0.3, -0.25) is 14.3 Å². The van der Waals surface area contributed by atoms with Gasteiger partial charge in [0.25, 0.3) is 11.5 Å². The average molecular weight is 407 g/mol. The Hall–Kier alpha value is -3.14. The zero-order valence-electron chi connectivity index (χ0n) is 16.0. The van der Waals surface area contributed by atoms with E-state index >= 15 is 0 Å². The Morgan fingerprint density at radius 3 is 2.38 bits per heavy atom. The summed E-state index contributed by atoms with van der Waals surface area (Å²) in [5, 5.41) is 0. The number of benzene rings is 1. The molecule has 2 aromatic rings. The fourth-order valence-electron chi connectivity index (χ4n) is 3.22. The third-order valence-electron chi connectivity index (χ3n) is 4.67. The van der Waals surface area contributed by atoms with Crippen molar-refractivity contribution in [1.82, 2.24) is 14.5 Å². The van der Waals surface area contributed by atoms with E-state index in [4.69, 9.17) is 4.74 Å². The normalized spacial score (nSPS) is 18.4. The lowest BCUT2D eigenvalue weighted by Crippen LogP contribution is -2.33. The van der Waals surface area contributed by atoms with Crippen molar-refractivity contribution in [1.29, 1.82) is 0 Å². The molecule has 3 rings (SSSR count). The van der Waals surface area contributed by atoms with Crippen LogP contribution in [0, 0.1) is 0 Å². The van der Waals surface area contributed by atoms with Crippen molar-refractivity contribution in [3.63, 3.8) is 0 Å². The maximum atomic E-state index is 13.8. The van der Waals surface area contributed by atoms with Crippen molar-refractivity contribution >= 4 is 11.9 Å². The maximum absolute atomic E-state index is 13.8. The number of carbonyl (C=O) groups is 2. The summed E-state index contributed by atoms with van der Waals surface area (Å²) >= 11 is 0. The van der Waals surface area contributed by atoms with Crippen LogP contribution in [0.5, 0.6) is 5.75 Å². The van der Waals surface area contributed by atoms with E-state index in [2.05, 4.69) is 9.72 Å². The minimum atomic E-state index is -2.96. The fraction of sp³-hybridized carbons (Fsp3) is 0.368. The van der Waals surface area contributed by atoms with Crippen LogP contribution >= 0.6 is 0 Å². The van der Waals surface area contributed by atoms with Gasteiger partial charge in [0.2, 0.25) is 5.75 Å². The molecule has 29 heavy (non-hydrogen) atoms. The SMILES string of the molecule is COC(=O)c1nc([C@@H]2CC(F)(F)CN2C)n(C)c(=O)c1OC(=O)c1ccccc1. The molecule has 10 heteroatoms. The summed E-state index contributed by atoms with van der Waals surface area (Å²) in [6.07, 6.45) is -0.562. The monoisotopic (exact) mass is 407 g/mol. The fourth-order valence-corrected chi connectivity index (χ4v) is 3.22. The first-order chi connectivity index (χ1) is 13.6. The van der Waals surface area contributed by atoms with E-state index in [-0.39, 0.29) is 11.4 Å². The van der Waals surface area contributed by atoms with E-state index < -0.39 is 53.9 Å². The number of hydrogen-bond donors (Lipinski definition) is 0. The minimum absolute atomic E-state index is 0.0467. The van der Waals surface area contributed by atoms with Gasteiger partial charge in [0.15, 0.2) is 5.69 Å². The summed E-state index contributed by atoms with van der Waals surface area (Å²) in [7, 11) is 3.86. The van der Waals surface area contributed by atoms with Gasteiger partial charge in [-0.2, -0.15) is 0 Å². The molecule has 1 atom stereocenters. The summed E-state index contributed by atoms with van der Waals surface area (Å²) in [6.45, 7) is -0.508. The molecule has 0 saturated carbocycles. The number of hydrogen-bond acceptors (Lipinski definition) is 7. The van der Waals surface area contributed by atoms with E-state index in [1.54, 1.807) is 18.2 Å². The number of aromatic nitrogens is 2. The number of likely N-dealkylation sites (tertiary alicyclic amines) is 1. The molecule has 1 aliphatic rings. The van der Waals surface area contributed by atoms with Crippen LogP contribution in [-0.4, -0.2) is 53.0 Å². The van der Waals surface area contributed by atoms with Crippen molar-refractivity contribution in [3.8, 4) is 5.75 Å². The number of rotatable bonds is 4. The smallest absolute Gasteiger partial charge is 0.360 e. The van der Waals surface area contributed by atoms with Gasteiger partial charge in [-0.05, 0) is 19.2 Å². The molecule has 154 valence electrons. The Balaban J connectivity index is 2.08. The van der Waals surface area contributed by atoms with Crippen molar-refractivity contribution in [3.05, 3.63) is 57.8 Å². The van der Waals surface area contributed by atoms with E-state index in [1.165, 1.54) is 31.1 Å². The van der Waals surface area contributed by atoms with Crippen molar-refractivity contribution in [2.24, 2.45) is 7.05 Å². The summed E-state index contributed by atoms with van der Waals surface area (Å²) in [6, 6.07) is 6.95. The molecular weight excluding hydrogens is 388 g/mol. The second-order valence-corrected chi connectivity index (χ2v) is 6.75. The molecule has 0 unspecified atom stereocenters. The second-order valence-electron chi connectivity index (χ2n) is 6.75. The molecule has 0 amide bonds. The summed E-state index contributed by atoms with van der Waals surface area (Å²) < 4.78 is 38.4. The number of halogens is 2. The van der Waals surface area contributed by atoms with E-state index in [0.717, 1.165) is 11.7 Å². The number of esters is 2. The first-order valence-corrected chi connectivity index (χ1v) is 8.69. The zero-order valence-corrected chi connectivity index (χ0v) is 16.0. The Labute approximate surface area is 164 Å². The minimum Gasteiger partial charge on any atom is -0.464 e. The third-order valence-corrected chi connectivity index (χ3v) is 4.67. The van der Waals surface area contributed by atoms with E-state index in [0.29, 0.717) is 0 Å². The van der Waals surface area contributed by atoms with Crippen LogP contribution in [0.25, 0.3) is 0 Å². The summed E-state index contributed by atoms with van der Waals surface area (Å²) in [4.78, 5) is 42.9. The van der Waals surface area contributed by atoms with Gasteiger partial charge in [-0.15, -0.1) is 0 Å². The molecule has 1 aromatic heterocycles. The number of nitrogens with zero attached hydrogens (tertiary/aromatic N) is 3. The molecule has 2 heterocycles. The predicted octanol–water partition coefficient (Wildman–Crippen LogP) is 1.80. The number of alkyl halides is 2. The highest BCUT2D eigenvalue weighted by molar-refractivity contribution is 5.94. The predicted molar refractivity (Wildman–Crippen MR) is 97.2 cm³/mol. The molecule has 1 aliphatic heterocycles. The second kappa shape index (κ2) is 7.70. The standard InChI is InChI=1S/C19H19F2N3O5/c1-23-10-19(20,21)9-12(23)15-22-13(18(27)28-3)14(16(25)24(15)2)29-17(26)11-7-5-4-6-8-11/h4-8,12H,9-10H2,1-3H3/t12-/m0/s1. The van der Waals surface area contributed by atoms with Gasteiger partial charge in [-0.25, -0.2) is 23.4 Å². The molecule has 0 spiro atoms. The lowest BCUT2D eigenvalue weighted by molar-refractivity contribution is 0.0139. The van der Waals surface area contributed by atoms with Crippen LogP contribution < -0.4 is 10.3 Å². The maximum Gasteiger partial charge on any atom is 0.360 e. The molecule has 1 fully saturated rings. The van der Waals surface area contributed by atoms with Gasteiger partial charge in [-0.1, -0.05) is 18.2 Å². The molecule has 8 nitrogen and oxygen atoms in total. The molecule has 1 aromatic carbocycles. The Kier molecular flexibility index (Phi) is 5.47. The summed E-state index contributed by atoms with van der Waals surface area (Å²) in [5.74, 6) is -5.51. The Bertz CT molecular complexity index is 1010.